The maximum Gasteiger partial charge on any atom is 0.204 e. The summed E-state index contributed by atoms with van der Waals surface area (Å²) in [6, 6.07) is 6.77. The average Bonchev–Trinajstić information content (AvgIpc) is 2.67. The highest BCUT2D eigenvalue weighted by Crippen LogP contribution is 2.32. The summed E-state index contributed by atoms with van der Waals surface area (Å²) in [5.41, 5.74) is 7.03. The fraction of sp³-hybridized carbons (Fsp3) is 0.267. The van der Waals surface area contributed by atoms with Crippen molar-refractivity contribution in [2.24, 2.45) is 0 Å². The van der Waals surface area contributed by atoms with Crippen molar-refractivity contribution in [3.8, 4) is 0 Å². The minimum atomic E-state index is 1.17. The Balaban J connectivity index is 2.31. The van der Waals surface area contributed by atoms with Gasteiger partial charge in [-0.05, 0) is 37.5 Å². The Labute approximate surface area is 99.9 Å². The first kappa shape index (κ1) is 9.23. The molecule has 0 saturated heterocycles. The molecule has 0 atom stereocenters. The van der Waals surface area contributed by atoms with E-state index in [9.17, 15) is 0 Å². The van der Waals surface area contributed by atoms with Crippen molar-refractivity contribution in [1.82, 2.24) is 4.40 Å². The van der Waals surface area contributed by atoms with Gasteiger partial charge in [-0.2, -0.15) is 0 Å². The van der Waals surface area contributed by atoms with E-state index in [-0.39, 0.29) is 0 Å². The Kier molecular flexibility index (Phi) is 1.68. The van der Waals surface area contributed by atoms with Crippen LogP contribution in [0.3, 0.4) is 0 Å². The maximum absolute atomic E-state index is 3.41. The lowest BCUT2D eigenvalue weighted by Gasteiger charge is -2.07. The van der Waals surface area contributed by atoms with Crippen molar-refractivity contribution >= 4 is 16.4 Å². The third-order valence-electron chi connectivity index (χ3n) is 3.88. The fourth-order valence-electron chi connectivity index (χ4n) is 3.14. The lowest BCUT2D eigenvalue weighted by Crippen LogP contribution is -2.16. The van der Waals surface area contributed by atoms with E-state index in [1.54, 1.807) is 0 Å². The molecule has 0 amide bonds. The van der Waals surface area contributed by atoms with Gasteiger partial charge in [0, 0.05) is 11.8 Å². The number of fused-ring (bicyclic) bond motifs is 3. The lowest BCUT2D eigenvalue weighted by molar-refractivity contribution is -0.389. The fourth-order valence-corrected chi connectivity index (χ4v) is 3.14. The second-order valence-corrected chi connectivity index (χ2v) is 5.01. The number of aromatic nitrogens is 2. The van der Waals surface area contributed by atoms with Crippen LogP contribution in [0.5, 0.6) is 0 Å². The van der Waals surface area contributed by atoms with Gasteiger partial charge in [-0.15, -0.1) is 0 Å². The second-order valence-electron chi connectivity index (χ2n) is 5.01. The number of aryl methyl sites for hydroxylation is 3. The van der Waals surface area contributed by atoms with Crippen molar-refractivity contribution in [3.63, 3.8) is 0 Å². The molecule has 0 saturated carbocycles. The monoisotopic (exact) mass is 223 g/mol. The van der Waals surface area contributed by atoms with E-state index >= 15 is 0 Å². The normalized spacial score (nSPS) is 14.6. The number of benzene rings is 1. The summed E-state index contributed by atoms with van der Waals surface area (Å²) in [4.78, 5) is 3.41. The smallest absolute Gasteiger partial charge is 0.204 e. The number of aromatic amines is 1. The summed E-state index contributed by atoms with van der Waals surface area (Å²) in [5.74, 6) is 0. The molecule has 0 unspecified atom stereocenters. The van der Waals surface area contributed by atoms with Gasteiger partial charge in [-0.1, -0.05) is 11.6 Å². The first-order chi connectivity index (χ1) is 8.34. The largest absolute Gasteiger partial charge is 0.305 e. The van der Waals surface area contributed by atoms with E-state index in [1.807, 2.05) is 0 Å². The predicted molar refractivity (Wildman–Crippen MR) is 68.2 cm³/mol. The molecule has 2 heterocycles. The molecule has 1 aliphatic carbocycles. The summed E-state index contributed by atoms with van der Waals surface area (Å²) < 4.78 is 2.34. The molecular formula is C15H15N2+. The molecule has 2 aromatic heterocycles. The molecule has 0 bridgehead atoms. The first-order valence-electron chi connectivity index (χ1n) is 6.27. The summed E-state index contributed by atoms with van der Waals surface area (Å²) in [5, 5.41) is 1.44. The number of H-pyrrole nitrogens is 1. The molecule has 0 spiro atoms. The van der Waals surface area contributed by atoms with Gasteiger partial charge in [0.2, 0.25) is 5.69 Å². The van der Waals surface area contributed by atoms with Crippen LogP contribution in [0.15, 0.2) is 30.6 Å². The van der Waals surface area contributed by atoms with Crippen molar-refractivity contribution in [2.45, 2.75) is 26.2 Å². The zero-order valence-electron chi connectivity index (χ0n) is 9.96. The maximum atomic E-state index is 3.41. The van der Waals surface area contributed by atoms with E-state index in [0.29, 0.717) is 0 Å². The quantitative estimate of drug-likeness (QED) is 0.558. The van der Waals surface area contributed by atoms with Crippen molar-refractivity contribution in [2.75, 3.05) is 0 Å². The third kappa shape index (κ3) is 1.13. The zero-order chi connectivity index (χ0) is 11.4. The van der Waals surface area contributed by atoms with Crippen LogP contribution in [0, 0.1) is 6.92 Å². The molecule has 3 aromatic rings. The van der Waals surface area contributed by atoms with Gasteiger partial charge in [0.15, 0.2) is 6.20 Å². The second kappa shape index (κ2) is 3.10. The Bertz CT molecular complexity index is 737. The van der Waals surface area contributed by atoms with Gasteiger partial charge in [-0.25, -0.2) is 4.98 Å². The van der Waals surface area contributed by atoms with E-state index in [0.717, 1.165) is 0 Å². The van der Waals surface area contributed by atoms with E-state index in [1.165, 1.54) is 52.5 Å². The molecule has 4 rings (SSSR count). The van der Waals surface area contributed by atoms with Crippen LogP contribution in [0.25, 0.3) is 16.4 Å². The summed E-state index contributed by atoms with van der Waals surface area (Å²) in [7, 11) is 0. The summed E-state index contributed by atoms with van der Waals surface area (Å²) in [6.45, 7) is 2.17. The SMILES string of the molecule is Cc1ccc2c(c1)c1c3c([nH+]ccn32)CCC1. The van der Waals surface area contributed by atoms with Crippen molar-refractivity contribution in [1.29, 1.82) is 0 Å². The van der Waals surface area contributed by atoms with Gasteiger partial charge in [0.25, 0.3) is 0 Å². The Hall–Kier alpha value is -1.83. The molecule has 0 radical (unpaired) electrons. The van der Waals surface area contributed by atoms with Crippen LogP contribution < -0.4 is 4.98 Å². The van der Waals surface area contributed by atoms with E-state index < -0.39 is 0 Å². The Morgan fingerprint density at radius 1 is 1.24 bits per heavy atom. The molecule has 2 nitrogen and oxygen atoms in total. The average molecular weight is 223 g/mol. The molecule has 2 heteroatoms. The van der Waals surface area contributed by atoms with Gasteiger partial charge in [0.1, 0.15) is 5.52 Å². The Morgan fingerprint density at radius 3 is 3.12 bits per heavy atom. The standard InChI is InChI=1S/C15H14N2/c1-10-5-6-14-12(9-10)11-3-2-4-13-15(11)17(14)8-7-16-13/h5-9H,2-4H2,1H3/p+1. The lowest BCUT2D eigenvalue weighted by atomic mass is 9.97. The number of rotatable bonds is 0. The summed E-state index contributed by atoms with van der Waals surface area (Å²) >= 11 is 0. The van der Waals surface area contributed by atoms with E-state index in [4.69, 9.17) is 0 Å². The molecule has 84 valence electrons. The molecule has 0 fully saturated rings. The molecule has 1 N–H and O–H groups in total. The van der Waals surface area contributed by atoms with Crippen molar-refractivity contribution in [3.05, 3.63) is 47.4 Å². The highest BCUT2D eigenvalue weighted by atomic mass is 14.9. The third-order valence-corrected chi connectivity index (χ3v) is 3.88. The highest BCUT2D eigenvalue weighted by Gasteiger charge is 2.22. The van der Waals surface area contributed by atoms with Crippen LogP contribution >= 0.6 is 0 Å². The highest BCUT2D eigenvalue weighted by molar-refractivity contribution is 5.93. The predicted octanol–water partition coefficient (Wildman–Crippen LogP) is 2.70. The molecule has 0 aliphatic heterocycles. The first-order valence-corrected chi connectivity index (χ1v) is 6.27. The minimum Gasteiger partial charge on any atom is -0.305 e. The number of hydrogen-bond donors (Lipinski definition) is 0. The molecular weight excluding hydrogens is 208 g/mol. The number of nitrogens with one attached hydrogen (secondary N) is 1. The van der Waals surface area contributed by atoms with Gasteiger partial charge >= 0.3 is 0 Å². The van der Waals surface area contributed by atoms with Crippen LogP contribution in [0.2, 0.25) is 0 Å². The number of hydrogen-bond acceptors (Lipinski definition) is 0. The molecule has 1 aliphatic rings. The Morgan fingerprint density at radius 2 is 2.18 bits per heavy atom. The summed E-state index contributed by atoms with van der Waals surface area (Å²) in [6.07, 6.45) is 7.84. The van der Waals surface area contributed by atoms with Crippen LogP contribution in [-0.2, 0) is 12.8 Å². The van der Waals surface area contributed by atoms with Crippen molar-refractivity contribution < 1.29 is 4.98 Å². The molecule has 1 aromatic carbocycles. The number of nitrogens with zero attached hydrogens (tertiary/aromatic N) is 1. The van der Waals surface area contributed by atoms with Gasteiger partial charge in [-0.3, -0.25) is 0 Å². The van der Waals surface area contributed by atoms with Gasteiger partial charge < -0.3 is 4.40 Å². The zero-order valence-corrected chi connectivity index (χ0v) is 9.96. The van der Waals surface area contributed by atoms with Crippen LogP contribution in [0.1, 0.15) is 23.2 Å². The minimum absolute atomic E-state index is 1.17. The van der Waals surface area contributed by atoms with E-state index in [2.05, 4.69) is 46.9 Å². The van der Waals surface area contributed by atoms with Gasteiger partial charge in [0.05, 0.1) is 11.7 Å². The topological polar surface area (TPSA) is 18.6 Å². The van der Waals surface area contributed by atoms with Crippen LogP contribution in [-0.4, -0.2) is 4.40 Å². The van der Waals surface area contributed by atoms with Crippen LogP contribution in [0.4, 0.5) is 0 Å². The molecule has 17 heavy (non-hydrogen) atoms.